The zero-order chi connectivity index (χ0) is 20.8. The number of hydrogen-bond acceptors (Lipinski definition) is 6. The summed E-state index contributed by atoms with van der Waals surface area (Å²) in [5, 5.41) is 18.6. The molecule has 2 aromatic rings. The lowest BCUT2D eigenvalue weighted by molar-refractivity contribution is -0.166. The number of ether oxygens (including phenoxy) is 2. The van der Waals surface area contributed by atoms with Gasteiger partial charge in [0.05, 0.1) is 11.1 Å². The number of hydrogen-bond donors (Lipinski definition) is 2. The number of carboxylic acids is 2. The summed E-state index contributed by atoms with van der Waals surface area (Å²) in [4.78, 5) is 47.3. The van der Waals surface area contributed by atoms with E-state index in [0.29, 0.717) is 0 Å². The minimum atomic E-state index is -2.22. The maximum absolute atomic E-state index is 12.2. The summed E-state index contributed by atoms with van der Waals surface area (Å²) >= 11 is 0. The molecule has 0 saturated heterocycles. The summed E-state index contributed by atoms with van der Waals surface area (Å²) in [6.45, 7) is 3.58. The smallest absolute Gasteiger partial charge is 0.349 e. The summed E-state index contributed by atoms with van der Waals surface area (Å²) in [7, 11) is 0. The van der Waals surface area contributed by atoms with Crippen LogP contribution in [0.25, 0.3) is 0 Å². The average Bonchev–Trinajstić information content (AvgIpc) is 2.64. The molecule has 4 N–H and O–H groups in total. The molecular weight excluding hydrogens is 384 g/mol. The van der Waals surface area contributed by atoms with E-state index >= 15 is 0 Å². The van der Waals surface area contributed by atoms with Crippen molar-refractivity contribution in [1.82, 2.24) is 0 Å². The molecule has 0 fully saturated rings. The maximum atomic E-state index is 12.2. The minimum Gasteiger partial charge on any atom is -0.478 e. The van der Waals surface area contributed by atoms with Crippen LogP contribution in [0.5, 0.6) is 0 Å². The molecule has 0 aliphatic heterocycles. The number of carbonyl (C=O) groups excluding carboxylic acids is 2. The van der Waals surface area contributed by atoms with Gasteiger partial charge in [0.2, 0.25) is 12.2 Å². The number of rotatable bonds is 7. The maximum Gasteiger partial charge on any atom is 0.349 e. The number of aliphatic carboxylic acids is 2. The first-order valence-corrected chi connectivity index (χ1v) is 8.20. The quantitative estimate of drug-likeness (QED) is 0.655. The monoisotopic (exact) mass is 404 g/mol. The summed E-state index contributed by atoms with van der Waals surface area (Å²) in [6.07, 6.45) is -4.44. The van der Waals surface area contributed by atoms with Crippen molar-refractivity contribution >= 4 is 23.9 Å². The van der Waals surface area contributed by atoms with Gasteiger partial charge in [-0.25, -0.2) is 19.2 Å². The molecule has 9 heteroatoms. The molecule has 0 spiro atoms. The Bertz CT molecular complexity index is 810. The molecule has 0 unspecified atom stereocenters. The van der Waals surface area contributed by atoms with Crippen molar-refractivity contribution in [1.29, 1.82) is 0 Å². The van der Waals surface area contributed by atoms with Gasteiger partial charge in [-0.05, 0) is 38.1 Å². The van der Waals surface area contributed by atoms with Crippen LogP contribution in [0.3, 0.4) is 0 Å². The van der Waals surface area contributed by atoms with E-state index in [0.717, 1.165) is 11.1 Å². The fourth-order valence-corrected chi connectivity index (χ4v) is 2.23. The Hall–Kier alpha value is -3.72. The molecule has 2 atom stereocenters. The van der Waals surface area contributed by atoms with Crippen molar-refractivity contribution in [3.05, 3.63) is 70.8 Å². The SMILES string of the molecule is Cc1ccc(C(=O)O[C@H](C(=O)O)[C@H](OC(=O)c2ccc(C)cc2)C(=O)O)cc1.O. The van der Waals surface area contributed by atoms with Crippen LogP contribution in [-0.4, -0.2) is 51.8 Å². The van der Waals surface area contributed by atoms with Crippen molar-refractivity contribution in [3.63, 3.8) is 0 Å². The molecule has 2 rings (SSSR count). The molecule has 0 aliphatic rings. The molecule has 0 heterocycles. The lowest BCUT2D eigenvalue weighted by Crippen LogP contribution is -2.45. The fraction of sp³-hybridized carbons (Fsp3) is 0.200. The lowest BCUT2D eigenvalue weighted by atomic mass is 10.1. The van der Waals surface area contributed by atoms with E-state index in [-0.39, 0.29) is 16.6 Å². The minimum absolute atomic E-state index is 0. The van der Waals surface area contributed by atoms with Gasteiger partial charge >= 0.3 is 23.9 Å². The van der Waals surface area contributed by atoms with Crippen LogP contribution in [0.15, 0.2) is 48.5 Å². The van der Waals surface area contributed by atoms with Crippen LogP contribution < -0.4 is 0 Å². The molecule has 0 bridgehead atoms. The van der Waals surface area contributed by atoms with Crippen molar-refractivity contribution in [2.45, 2.75) is 26.1 Å². The predicted octanol–water partition coefficient (Wildman–Crippen LogP) is 1.40. The Balaban J connectivity index is 0.00000420. The molecule has 0 radical (unpaired) electrons. The molecule has 154 valence electrons. The summed E-state index contributed by atoms with van der Waals surface area (Å²) in [5.41, 5.74) is 1.79. The molecular formula is C20H20O9. The molecule has 29 heavy (non-hydrogen) atoms. The average molecular weight is 404 g/mol. The Morgan fingerprint density at radius 3 is 1.17 bits per heavy atom. The van der Waals surface area contributed by atoms with E-state index in [4.69, 9.17) is 9.47 Å². The first-order chi connectivity index (χ1) is 13.2. The van der Waals surface area contributed by atoms with Crippen LogP contribution in [0.2, 0.25) is 0 Å². The highest BCUT2D eigenvalue weighted by atomic mass is 16.6. The van der Waals surface area contributed by atoms with E-state index < -0.39 is 36.1 Å². The second-order valence-electron chi connectivity index (χ2n) is 6.06. The van der Waals surface area contributed by atoms with Crippen LogP contribution in [-0.2, 0) is 19.1 Å². The molecule has 2 aromatic carbocycles. The zero-order valence-electron chi connectivity index (χ0n) is 15.6. The first-order valence-electron chi connectivity index (χ1n) is 8.20. The predicted molar refractivity (Wildman–Crippen MR) is 99.7 cm³/mol. The largest absolute Gasteiger partial charge is 0.478 e. The van der Waals surface area contributed by atoms with Crippen molar-refractivity contribution in [3.8, 4) is 0 Å². The topological polar surface area (TPSA) is 159 Å². The van der Waals surface area contributed by atoms with Crippen molar-refractivity contribution in [2.24, 2.45) is 0 Å². The molecule has 0 aromatic heterocycles. The van der Waals surface area contributed by atoms with Crippen LogP contribution in [0.4, 0.5) is 0 Å². The Labute approximate surface area is 165 Å². The Kier molecular flexibility index (Phi) is 8.04. The highest BCUT2D eigenvalue weighted by Gasteiger charge is 2.41. The van der Waals surface area contributed by atoms with Crippen molar-refractivity contribution < 1.29 is 44.3 Å². The summed E-state index contributed by atoms with van der Waals surface area (Å²) in [6, 6.07) is 12.1. The van der Waals surface area contributed by atoms with E-state index in [9.17, 15) is 29.4 Å². The molecule has 0 amide bonds. The van der Waals surface area contributed by atoms with E-state index in [1.165, 1.54) is 24.3 Å². The second kappa shape index (κ2) is 10.00. The van der Waals surface area contributed by atoms with Crippen LogP contribution >= 0.6 is 0 Å². The Morgan fingerprint density at radius 1 is 0.655 bits per heavy atom. The van der Waals surface area contributed by atoms with Gasteiger partial charge in [0.1, 0.15) is 0 Å². The van der Waals surface area contributed by atoms with Gasteiger partial charge in [-0.3, -0.25) is 0 Å². The van der Waals surface area contributed by atoms with E-state index in [2.05, 4.69) is 0 Å². The van der Waals surface area contributed by atoms with Crippen LogP contribution in [0.1, 0.15) is 31.8 Å². The first kappa shape index (κ1) is 23.3. The van der Waals surface area contributed by atoms with Gasteiger partial charge in [0.25, 0.3) is 0 Å². The van der Waals surface area contributed by atoms with E-state index in [1.807, 2.05) is 0 Å². The summed E-state index contributed by atoms with van der Waals surface area (Å²) < 4.78 is 9.64. The highest BCUT2D eigenvalue weighted by Crippen LogP contribution is 2.14. The number of aryl methyl sites for hydroxylation is 2. The number of benzene rings is 2. The van der Waals surface area contributed by atoms with E-state index in [1.54, 1.807) is 38.1 Å². The molecule has 9 nitrogen and oxygen atoms in total. The normalized spacial score (nSPS) is 12.1. The Morgan fingerprint density at radius 2 is 0.931 bits per heavy atom. The number of esters is 2. The standard InChI is InChI=1S/C20H18O8.H2O/c1-11-3-7-13(8-4-11)19(25)27-15(17(21)22)16(18(23)24)28-20(26)14-9-5-12(2)6-10-14;/h3-10,15-16H,1-2H3,(H,21,22)(H,23,24);1H2/t15-,16-;/m0./s1. The highest BCUT2D eigenvalue weighted by molar-refractivity contribution is 5.95. The lowest BCUT2D eigenvalue weighted by Gasteiger charge is -2.21. The van der Waals surface area contributed by atoms with Gasteiger partial charge in [0.15, 0.2) is 0 Å². The van der Waals surface area contributed by atoms with Gasteiger partial charge in [-0.15, -0.1) is 0 Å². The summed E-state index contributed by atoms with van der Waals surface area (Å²) in [5.74, 6) is -5.62. The van der Waals surface area contributed by atoms with Crippen molar-refractivity contribution in [2.75, 3.05) is 0 Å². The van der Waals surface area contributed by atoms with Gasteiger partial charge in [0, 0.05) is 0 Å². The zero-order valence-corrected chi connectivity index (χ0v) is 15.6. The van der Waals surface area contributed by atoms with Crippen LogP contribution in [0, 0.1) is 13.8 Å². The van der Waals surface area contributed by atoms with Gasteiger partial charge in [-0.2, -0.15) is 0 Å². The molecule has 0 saturated carbocycles. The van der Waals surface area contributed by atoms with Gasteiger partial charge in [-0.1, -0.05) is 35.4 Å². The second-order valence-corrected chi connectivity index (χ2v) is 6.06. The number of carboxylic acid groups (broad SMARTS) is 2. The molecule has 0 aliphatic carbocycles. The third-order valence-corrected chi connectivity index (χ3v) is 3.80. The van der Waals surface area contributed by atoms with Gasteiger partial charge < -0.3 is 25.2 Å². The fourth-order valence-electron chi connectivity index (χ4n) is 2.23. The third-order valence-electron chi connectivity index (χ3n) is 3.80. The number of carbonyl (C=O) groups is 4. The third kappa shape index (κ3) is 6.15.